The Bertz CT molecular complexity index is 72.1. The third-order valence-electron chi connectivity index (χ3n) is 1.40. The fraction of sp³-hybridized carbons (Fsp3) is 1.00. The van der Waals surface area contributed by atoms with Crippen molar-refractivity contribution in [1.29, 1.82) is 0 Å². The lowest BCUT2D eigenvalue weighted by Gasteiger charge is -2.27. The molecular weight excluding hydrogens is 109 g/mol. The second-order valence-electron chi connectivity index (χ2n) is 2.05. The van der Waals surface area contributed by atoms with Gasteiger partial charge >= 0.3 is 0 Å². The van der Waals surface area contributed by atoms with Gasteiger partial charge in [0.15, 0.2) is 0 Å². The molecule has 0 spiro atoms. The van der Waals surface area contributed by atoms with Crippen molar-refractivity contribution in [1.82, 2.24) is 0 Å². The number of hydrogen-bond donors (Lipinski definition) is 1. The first-order chi connectivity index (χ1) is 3.84. The third kappa shape index (κ3) is 0.980. The molecule has 2 nitrogen and oxygen atoms in total. The minimum absolute atomic E-state index is 0.0833. The third-order valence-corrected chi connectivity index (χ3v) is 1.40. The van der Waals surface area contributed by atoms with E-state index in [2.05, 4.69) is 0 Å². The first kappa shape index (κ1) is 5.98. The van der Waals surface area contributed by atoms with Gasteiger partial charge in [0.25, 0.3) is 0 Å². The Hall–Kier alpha value is -0.150. The van der Waals surface area contributed by atoms with Gasteiger partial charge in [-0.3, -0.25) is 0 Å². The average Bonchev–Trinajstić information content (AvgIpc) is 1.62. The van der Waals surface area contributed by atoms with Gasteiger partial charge in [-0.25, -0.2) is 4.39 Å². The van der Waals surface area contributed by atoms with Crippen LogP contribution in [0.5, 0.6) is 0 Å². The van der Waals surface area contributed by atoms with Crippen LogP contribution < -0.4 is 5.73 Å². The van der Waals surface area contributed by atoms with E-state index in [0.29, 0.717) is 13.2 Å². The Morgan fingerprint density at radius 3 is 2.50 bits per heavy atom. The molecule has 1 saturated heterocycles. The molecule has 8 heavy (non-hydrogen) atoms. The number of alkyl halides is 1. The van der Waals surface area contributed by atoms with E-state index in [0.717, 1.165) is 0 Å². The van der Waals surface area contributed by atoms with Crippen LogP contribution in [0.1, 0.15) is 0 Å². The van der Waals surface area contributed by atoms with Gasteiger partial charge in [-0.05, 0) is 0 Å². The zero-order valence-electron chi connectivity index (χ0n) is 4.64. The molecule has 1 fully saturated rings. The first-order valence-corrected chi connectivity index (χ1v) is 2.76. The smallest absolute Gasteiger partial charge is 0.119 e. The molecule has 0 saturated carbocycles. The standard InChI is InChI=1S/C5H10FNO/c6-5(1-7)4-2-8-3-4/h4-5H,1-3,7H2. The molecule has 0 bridgehead atoms. The molecular formula is C5H10FNO. The molecule has 0 aromatic rings. The van der Waals surface area contributed by atoms with Crippen molar-refractivity contribution in [2.75, 3.05) is 19.8 Å². The van der Waals surface area contributed by atoms with E-state index in [1.165, 1.54) is 0 Å². The van der Waals surface area contributed by atoms with Crippen LogP contribution in [-0.2, 0) is 4.74 Å². The van der Waals surface area contributed by atoms with Crippen molar-refractivity contribution < 1.29 is 9.13 Å². The lowest BCUT2D eigenvalue weighted by Crippen LogP contribution is -2.39. The fourth-order valence-electron chi connectivity index (χ4n) is 0.655. The number of hydrogen-bond acceptors (Lipinski definition) is 2. The van der Waals surface area contributed by atoms with Crippen LogP contribution >= 0.6 is 0 Å². The zero-order chi connectivity index (χ0) is 5.98. The van der Waals surface area contributed by atoms with Gasteiger partial charge in [0.2, 0.25) is 0 Å². The van der Waals surface area contributed by atoms with E-state index in [4.69, 9.17) is 10.5 Å². The molecule has 2 N–H and O–H groups in total. The van der Waals surface area contributed by atoms with E-state index >= 15 is 0 Å². The molecule has 0 aromatic carbocycles. The average molecular weight is 119 g/mol. The minimum atomic E-state index is -0.844. The summed E-state index contributed by atoms with van der Waals surface area (Å²) >= 11 is 0. The normalized spacial score (nSPS) is 24.8. The summed E-state index contributed by atoms with van der Waals surface area (Å²) in [5.41, 5.74) is 5.05. The highest BCUT2D eigenvalue weighted by atomic mass is 19.1. The molecule has 0 aliphatic carbocycles. The molecule has 1 atom stereocenters. The Balaban J connectivity index is 2.13. The minimum Gasteiger partial charge on any atom is -0.380 e. The molecule has 1 unspecified atom stereocenters. The lowest BCUT2D eigenvalue weighted by molar-refractivity contribution is -0.0658. The van der Waals surface area contributed by atoms with Crippen molar-refractivity contribution >= 4 is 0 Å². The molecule has 1 aliphatic heterocycles. The SMILES string of the molecule is NCC(F)C1COC1. The molecule has 0 aromatic heterocycles. The van der Waals surface area contributed by atoms with Crippen molar-refractivity contribution in [2.24, 2.45) is 11.7 Å². The monoisotopic (exact) mass is 119 g/mol. The van der Waals surface area contributed by atoms with E-state index in [-0.39, 0.29) is 12.5 Å². The van der Waals surface area contributed by atoms with Crippen LogP contribution in [0.15, 0.2) is 0 Å². The van der Waals surface area contributed by atoms with Gasteiger partial charge in [0.05, 0.1) is 13.2 Å². The quantitative estimate of drug-likeness (QED) is 0.552. The molecule has 0 amide bonds. The number of rotatable bonds is 2. The van der Waals surface area contributed by atoms with E-state index in [9.17, 15) is 4.39 Å². The number of nitrogens with two attached hydrogens (primary N) is 1. The van der Waals surface area contributed by atoms with Crippen LogP contribution in [0.3, 0.4) is 0 Å². The molecule has 1 heterocycles. The summed E-state index contributed by atoms with van der Waals surface area (Å²) in [5, 5.41) is 0. The number of halogens is 1. The summed E-state index contributed by atoms with van der Waals surface area (Å²) in [7, 11) is 0. The van der Waals surface area contributed by atoms with Crippen LogP contribution in [0.4, 0.5) is 4.39 Å². The van der Waals surface area contributed by atoms with Crippen LogP contribution in [0, 0.1) is 5.92 Å². The Morgan fingerprint density at radius 2 is 2.38 bits per heavy atom. The Kier molecular flexibility index (Phi) is 1.81. The van der Waals surface area contributed by atoms with E-state index < -0.39 is 6.17 Å². The summed E-state index contributed by atoms with van der Waals surface area (Å²) in [6, 6.07) is 0. The fourth-order valence-corrected chi connectivity index (χ4v) is 0.655. The maximum Gasteiger partial charge on any atom is 0.119 e. The molecule has 3 heteroatoms. The van der Waals surface area contributed by atoms with E-state index in [1.54, 1.807) is 0 Å². The summed E-state index contributed by atoms with van der Waals surface area (Å²) < 4.78 is 17.1. The topological polar surface area (TPSA) is 35.2 Å². The number of ether oxygens (including phenoxy) is 1. The van der Waals surface area contributed by atoms with Gasteiger partial charge in [0.1, 0.15) is 6.17 Å². The molecule has 0 radical (unpaired) electrons. The second-order valence-corrected chi connectivity index (χ2v) is 2.05. The van der Waals surface area contributed by atoms with Gasteiger partial charge in [-0.15, -0.1) is 0 Å². The van der Waals surface area contributed by atoms with Crippen LogP contribution in [0.2, 0.25) is 0 Å². The summed E-state index contributed by atoms with van der Waals surface area (Å²) in [4.78, 5) is 0. The highest BCUT2D eigenvalue weighted by Gasteiger charge is 2.26. The predicted octanol–water partition coefficient (Wildman–Crippen LogP) is -0.0704. The summed E-state index contributed by atoms with van der Waals surface area (Å²) in [6.45, 7) is 1.24. The Morgan fingerprint density at radius 1 is 1.75 bits per heavy atom. The molecule has 1 rings (SSSR count). The lowest BCUT2D eigenvalue weighted by atomic mass is 10.0. The maximum absolute atomic E-state index is 12.4. The summed E-state index contributed by atoms with van der Waals surface area (Å²) in [5.74, 6) is 0.0833. The zero-order valence-corrected chi connectivity index (χ0v) is 4.64. The first-order valence-electron chi connectivity index (χ1n) is 2.76. The largest absolute Gasteiger partial charge is 0.380 e. The van der Waals surface area contributed by atoms with Crippen LogP contribution in [-0.4, -0.2) is 25.9 Å². The van der Waals surface area contributed by atoms with Gasteiger partial charge in [-0.1, -0.05) is 0 Å². The predicted molar refractivity (Wildman–Crippen MR) is 28.3 cm³/mol. The van der Waals surface area contributed by atoms with Crippen molar-refractivity contribution in [3.05, 3.63) is 0 Å². The van der Waals surface area contributed by atoms with Gasteiger partial charge in [-0.2, -0.15) is 0 Å². The van der Waals surface area contributed by atoms with Crippen LogP contribution in [0.25, 0.3) is 0 Å². The maximum atomic E-state index is 12.4. The Labute approximate surface area is 47.8 Å². The van der Waals surface area contributed by atoms with Crippen molar-refractivity contribution in [2.45, 2.75) is 6.17 Å². The van der Waals surface area contributed by atoms with Crippen molar-refractivity contribution in [3.8, 4) is 0 Å². The van der Waals surface area contributed by atoms with Gasteiger partial charge < -0.3 is 10.5 Å². The van der Waals surface area contributed by atoms with Crippen molar-refractivity contribution in [3.63, 3.8) is 0 Å². The second kappa shape index (κ2) is 2.42. The highest BCUT2D eigenvalue weighted by molar-refractivity contribution is 4.74. The highest BCUT2D eigenvalue weighted by Crippen LogP contribution is 2.16. The van der Waals surface area contributed by atoms with Gasteiger partial charge in [0, 0.05) is 12.5 Å². The molecule has 1 aliphatic rings. The molecule has 48 valence electrons. The van der Waals surface area contributed by atoms with E-state index in [1.807, 2.05) is 0 Å². The summed E-state index contributed by atoms with van der Waals surface area (Å²) in [6.07, 6.45) is -0.844.